The lowest BCUT2D eigenvalue weighted by Gasteiger charge is -2.09. The summed E-state index contributed by atoms with van der Waals surface area (Å²) in [6, 6.07) is 29.2. The van der Waals surface area contributed by atoms with Crippen LogP contribution in [0.5, 0.6) is 0 Å². The van der Waals surface area contributed by atoms with Gasteiger partial charge in [0.25, 0.3) is 0 Å². The molecule has 0 saturated heterocycles. The first-order valence-electron chi connectivity index (χ1n) is 8.52. The fourth-order valence-corrected chi connectivity index (χ4v) is 4.84. The van der Waals surface area contributed by atoms with Crippen LogP contribution in [0.2, 0.25) is 0 Å². The SMILES string of the molecule is c1ccc2cc3c(ccc4c5cc6ccsc6cc5ccc34)cc2c1. The van der Waals surface area contributed by atoms with E-state index < -0.39 is 0 Å². The quantitative estimate of drug-likeness (QED) is 0.199. The number of rotatable bonds is 0. The lowest BCUT2D eigenvalue weighted by Crippen LogP contribution is -1.82. The van der Waals surface area contributed by atoms with Crippen LogP contribution in [0.1, 0.15) is 0 Å². The van der Waals surface area contributed by atoms with Crippen LogP contribution in [0.4, 0.5) is 0 Å². The van der Waals surface area contributed by atoms with E-state index in [1.807, 2.05) is 11.3 Å². The summed E-state index contributed by atoms with van der Waals surface area (Å²) >= 11 is 1.81. The third-order valence-electron chi connectivity index (χ3n) is 5.27. The molecule has 0 aliphatic heterocycles. The lowest BCUT2D eigenvalue weighted by atomic mass is 9.95. The molecule has 0 unspecified atom stereocenters. The van der Waals surface area contributed by atoms with Gasteiger partial charge in [-0.3, -0.25) is 0 Å². The molecular weight excluding hydrogens is 320 g/mol. The standard InChI is InChI=1S/C24H14S/c1-2-4-16-12-22-17(11-15(16)3-1)5-7-21-20(22)8-6-18-14-24-19(9-10-25-24)13-23(18)21/h1-14H. The normalized spacial score (nSPS) is 12.0. The minimum atomic E-state index is 1.30. The molecular formula is C24H14S. The number of hydrogen-bond acceptors (Lipinski definition) is 1. The number of fused-ring (bicyclic) bond motifs is 7. The molecule has 0 amide bonds. The highest BCUT2D eigenvalue weighted by atomic mass is 32.1. The van der Waals surface area contributed by atoms with Gasteiger partial charge in [-0.2, -0.15) is 0 Å². The summed E-state index contributed by atoms with van der Waals surface area (Å²) in [5, 5.41) is 14.1. The van der Waals surface area contributed by atoms with Crippen molar-refractivity contribution in [2.75, 3.05) is 0 Å². The molecule has 1 aromatic heterocycles. The Morgan fingerprint density at radius 2 is 1.08 bits per heavy atom. The molecule has 25 heavy (non-hydrogen) atoms. The van der Waals surface area contributed by atoms with E-state index in [4.69, 9.17) is 0 Å². The second-order valence-corrected chi connectivity index (χ2v) is 7.63. The van der Waals surface area contributed by atoms with Gasteiger partial charge >= 0.3 is 0 Å². The van der Waals surface area contributed by atoms with E-state index in [0.29, 0.717) is 0 Å². The maximum atomic E-state index is 2.34. The topological polar surface area (TPSA) is 0 Å². The van der Waals surface area contributed by atoms with Gasteiger partial charge in [-0.1, -0.05) is 48.5 Å². The molecule has 1 heterocycles. The van der Waals surface area contributed by atoms with Gasteiger partial charge in [-0.05, 0) is 84.2 Å². The summed E-state index contributed by atoms with van der Waals surface area (Å²) in [6.07, 6.45) is 0. The molecule has 1 heteroatoms. The molecule has 0 aliphatic carbocycles. The van der Waals surface area contributed by atoms with Crippen LogP contribution >= 0.6 is 11.3 Å². The molecule has 0 fully saturated rings. The van der Waals surface area contributed by atoms with Crippen molar-refractivity contribution < 1.29 is 0 Å². The van der Waals surface area contributed by atoms with Gasteiger partial charge in [0.2, 0.25) is 0 Å². The highest BCUT2D eigenvalue weighted by molar-refractivity contribution is 7.17. The number of hydrogen-bond donors (Lipinski definition) is 0. The van der Waals surface area contributed by atoms with Crippen LogP contribution in [0.3, 0.4) is 0 Å². The Kier molecular flexibility index (Phi) is 2.58. The smallest absolute Gasteiger partial charge is 0.0349 e. The zero-order valence-electron chi connectivity index (χ0n) is 13.5. The lowest BCUT2D eigenvalue weighted by molar-refractivity contribution is 1.79. The van der Waals surface area contributed by atoms with Gasteiger partial charge in [0, 0.05) is 4.70 Å². The molecule has 0 bridgehead atoms. The summed E-state index contributed by atoms with van der Waals surface area (Å²) in [5.41, 5.74) is 0. The third-order valence-corrected chi connectivity index (χ3v) is 6.15. The second kappa shape index (κ2) is 4.81. The van der Waals surface area contributed by atoms with Gasteiger partial charge in [-0.25, -0.2) is 0 Å². The molecule has 0 radical (unpaired) electrons. The van der Waals surface area contributed by atoms with Crippen molar-refractivity contribution in [2.24, 2.45) is 0 Å². The molecule has 0 N–H and O–H groups in total. The zero-order chi connectivity index (χ0) is 16.4. The van der Waals surface area contributed by atoms with Crippen LogP contribution in [0.15, 0.2) is 84.2 Å². The van der Waals surface area contributed by atoms with Crippen LogP contribution in [0, 0.1) is 0 Å². The van der Waals surface area contributed by atoms with E-state index in [9.17, 15) is 0 Å². The Balaban J connectivity index is 1.82. The first-order chi connectivity index (χ1) is 12.4. The Labute approximate surface area is 148 Å². The van der Waals surface area contributed by atoms with Gasteiger partial charge < -0.3 is 0 Å². The predicted octanol–water partition coefficient (Wildman–Crippen LogP) is 7.51. The molecule has 116 valence electrons. The predicted molar refractivity (Wildman–Crippen MR) is 112 cm³/mol. The average Bonchev–Trinajstić information content (AvgIpc) is 3.11. The average molecular weight is 334 g/mol. The second-order valence-electron chi connectivity index (χ2n) is 6.68. The van der Waals surface area contributed by atoms with E-state index >= 15 is 0 Å². The van der Waals surface area contributed by atoms with Gasteiger partial charge in [0.1, 0.15) is 0 Å². The maximum Gasteiger partial charge on any atom is 0.0349 e. The minimum absolute atomic E-state index is 1.30. The fraction of sp³-hybridized carbons (Fsp3) is 0. The molecule has 0 nitrogen and oxygen atoms in total. The van der Waals surface area contributed by atoms with Crippen LogP contribution in [-0.4, -0.2) is 0 Å². The number of benzene rings is 5. The fourth-order valence-electron chi connectivity index (χ4n) is 4.02. The van der Waals surface area contributed by atoms with E-state index in [1.165, 1.54) is 53.2 Å². The Morgan fingerprint density at radius 1 is 0.440 bits per heavy atom. The molecule has 6 rings (SSSR count). The van der Waals surface area contributed by atoms with Crippen molar-refractivity contribution in [3.8, 4) is 0 Å². The Bertz CT molecular complexity index is 1440. The Morgan fingerprint density at radius 3 is 1.84 bits per heavy atom. The van der Waals surface area contributed by atoms with Crippen molar-refractivity contribution in [1.29, 1.82) is 0 Å². The maximum absolute atomic E-state index is 2.34. The van der Waals surface area contributed by atoms with Crippen LogP contribution < -0.4 is 0 Å². The summed E-state index contributed by atoms with van der Waals surface area (Å²) in [6.45, 7) is 0. The molecule has 5 aromatic carbocycles. The zero-order valence-corrected chi connectivity index (χ0v) is 14.3. The number of thiophene rings is 1. The summed E-state index contributed by atoms with van der Waals surface area (Å²) in [4.78, 5) is 0. The molecule has 0 saturated carbocycles. The van der Waals surface area contributed by atoms with Gasteiger partial charge in [0.05, 0.1) is 0 Å². The van der Waals surface area contributed by atoms with E-state index in [1.54, 1.807) is 0 Å². The Hall–Kier alpha value is -2.90. The van der Waals surface area contributed by atoms with E-state index in [0.717, 1.165) is 0 Å². The van der Waals surface area contributed by atoms with Crippen molar-refractivity contribution in [2.45, 2.75) is 0 Å². The minimum Gasteiger partial charge on any atom is -0.144 e. The monoisotopic (exact) mass is 334 g/mol. The molecule has 0 atom stereocenters. The third kappa shape index (κ3) is 1.87. The van der Waals surface area contributed by atoms with Crippen molar-refractivity contribution in [3.05, 3.63) is 84.2 Å². The van der Waals surface area contributed by atoms with Gasteiger partial charge in [0.15, 0.2) is 0 Å². The van der Waals surface area contributed by atoms with Crippen molar-refractivity contribution in [1.82, 2.24) is 0 Å². The first kappa shape index (κ1) is 13.4. The van der Waals surface area contributed by atoms with Crippen LogP contribution in [-0.2, 0) is 0 Å². The molecule has 0 aliphatic rings. The van der Waals surface area contributed by atoms with E-state index in [-0.39, 0.29) is 0 Å². The van der Waals surface area contributed by atoms with Crippen molar-refractivity contribution in [3.63, 3.8) is 0 Å². The largest absolute Gasteiger partial charge is 0.144 e. The van der Waals surface area contributed by atoms with E-state index in [2.05, 4.69) is 84.2 Å². The highest BCUT2D eigenvalue weighted by Crippen LogP contribution is 2.36. The van der Waals surface area contributed by atoms with Crippen LogP contribution in [0.25, 0.3) is 53.2 Å². The first-order valence-corrected chi connectivity index (χ1v) is 9.40. The summed E-state index contributed by atoms with van der Waals surface area (Å²) in [7, 11) is 0. The molecule has 0 spiro atoms. The molecule has 6 aromatic rings. The summed E-state index contributed by atoms with van der Waals surface area (Å²) in [5.74, 6) is 0. The van der Waals surface area contributed by atoms with Crippen molar-refractivity contribution >= 4 is 64.5 Å². The summed E-state index contributed by atoms with van der Waals surface area (Å²) < 4.78 is 1.36. The highest BCUT2D eigenvalue weighted by Gasteiger charge is 2.07. The van der Waals surface area contributed by atoms with Gasteiger partial charge in [-0.15, -0.1) is 11.3 Å².